The molecule has 0 radical (unpaired) electrons. The molecule has 160 valence electrons. The predicted octanol–water partition coefficient (Wildman–Crippen LogP) is 1.26. The molecule has 2 aromatic rings. The first-order valence-corrected chi connectivity index (χ1v) is 10.8. The quantitative estimate of drug-likeness (QED) is 0.638. The van der Waals surface area contributed by atoms with E-state index in [1.807, 2.05) is 0 Å². The normalized spacial score (nSPS) is 16.9. The van der Waals surface area contributed by atoms with Crippen LogP contribution in [0.15, 0.2) is 53.4 Å². The van der Waals surface area contributed by atoms with Gasteiger partial charge in [-0.25, -0.2) is 12.8 Å². The number of ether oxygens (including phenoxy) is 1. The van der Waals surface area contributed by atoms with Crippen molar-refractivity contribution in [2.45, 2.75) is 17.7 Å². The summed E-state index contributed by atoms with van der Waals surface area (Å²) >= 11 is 5.80. The second-order valence-electron chi connectivity index (χ2n) is 6.41. The fraction of sp³-hybridized carbons (Fsp3) is 0.263. The number of nitrogens with one attached hydrogen (secondary N) is 2. The largest absolute Gasteiger partial charge is 0.359 e. The van der Waals surface area contributed by atoms with Gasteiger partial charge in [-0.2, -0.15) is 4.31 Å². The van der Waals surface area contributed by atoms with Gasteiger partial charge in [0.25, 0.3) is 0 Å². The Morgan fingerprint density at radius 3 is 2.37 bits per heavy atom. The number of amides is 2. The molecule has 8 nitrogen and oxygen atoms in total. The summed E-state index contributed by atoms with van der Waals surface area (Å²) in [4.78, 5) is 24.0. The summed E-state index contributed by atoms with van der Waals surface area (Å²) in [5, 5.41) is 5.18. The Bertz CT molecular complexity index is 1020. The lowest BCUT2D eigenvalue weighted by Crippen LogP contribution is -2.47. The van der Waals surface area contributed by atoms with Gasteiger partial charge in [-0.05, 0) is 42.0 Å². The van der Waals surface area contributed by atoms with Gasteiger partial charge in [0.1, 0.15) is 12.0 Å². The molecular formula is C19H19ClFN3O5S. The zero-order valence-corrected chi connectivity index (χ0v) is 17.2. The van der Waals surface area contributed by atoms with E-state index in [0.717, 1.165) is 4.31 Å². The maximum Gasteiger partial charge on any atom is 0.309 e. The fourth-order valence-electron chi connectivity index (χ4n) is 2.81. The molecule has 1 heterocycles. The van der Waals surface area contributed by atoms with Crippen molar-refractivity contribution in [1.82, 2.24) is 14.9 Å². The number of carbonyl (C=O) groups excluding carboxylic acids is 2. The van der Waals surface area contributed by atoms with E-state index in [0.29, 0.717) is 10.6 Å². The molecule has 0 saturated carbocycles. The highest BCUT2D eigenvalue weighted by atomic mass is 35.5. The Morgan fingerprint density at radius 1 is 1.07 bits per heavy atom. The van der Waals surface area contributed by atoms with Crippen LogP contribution in [0, 0.1) is 5.82 Å². The van der Waals surface area contributed by atoms with Gasteiger partial charge < -0.3 is 15.4 Å². The minimum absolute atomic E-state index is 0.0452. The van der Waals surface area contributed by atoms with E-state index in [2.05, 4.69) is 10.6 Å². The van der Waals surface area contributed by atoms with Crippen LogP contribution in [-0.2, 0) is 30.9 Å². The summed E-state index contributed by atoms with van der Waals surface area (Å²) in [6, 6.07) is 11.2. The van der Waals surface area contributed by atoms with Crippen molar-refractivity contribution in [2.24, 2.45) is 0 Å². The van der Waals surface area contributed by atoms with E-state index >= 15 is 0 Å². The second-order valence-corrected chi connectivity index (χ2v) is 8.74. The predicted molar refractivity (Wildman–Crippen MR) is 106 cm³/mol. The van der Waals surface area contributed by atoms with Crippen LogP contribution in [0.5, 0.6) is 0 Å². The molecule has 1 aliphatic rings. The van der Waals surface area contributed by atoms with Gasteiger partial charge in [0.2, 0.25) is 10.0 Å². The topological polar surface area (TPSA) is 105 Å². The lowest BCUT2D eigenvalue weighted by atomic mass is 10.2. The molecule has 1 unspecified atom stereocenters. The van der Waals surface area contributed by atoms with E-state index in [4.69, 9.17) is 16.3 Å². The van der Waals surface area contributed by atoms with E-state index in [1.54, 1.807) is 0 Å². The Balaban J connectivity index is 1.54. The van der Waals surface area contributed by atoms with Crippen LogP contribution in [0.4, 0.5) is 4.39 Å². The monoisotopic (exact) mass is 455 g/mol. The third kappa shape index (κ3) is 5.33. The molecule has 1 aliphatic heterocycles. The van der Waals surface area contributed by atoms with Gasteiger partial charge in [0.15, 0.2) is 0 Å². The van der Waals surface area contributed by atoms with Gasteiger partial charge in [0, 0.05) is 18.1 Å². The van der Waals surface area contributed by atoms with Crippen LogP contribution in [0.3, 0.4) is 0 Å². The van der Waals surface area contributed by atoms with E-state index < -0.39 is 33.9 Å². The average molecular weight is 456 g/mol. The number of carbonyl (C=O) groups is 2. The zero-order chi connectivity index (χ0) is 21.7. The number of rotatable bonds is 6. The SMILES string of the molecule is O=C(NCc1ccc(F)cc1)C(=O)NCC1OCCN1S(=O)(=O)c1ccc(Cl)cc1. The Kier molecular flexibility index (Phi) is 7.03. The maximum atomic E-state index is 12.9. The van der Waals surface area contributed by atoms with Crippen molar-refractivity contribution in [3.05, 3.63) is 64.9 Å². The molecule has 2 aromatic carbocycles. The summed E-state index contributed by atoms with van der Waals surface area (Å²) in [6.45, 7) is 0.117. The molecule has 0 spiro atoms. The van der Waals surface area contributed by atoms with Gasteiger partial charge in [-0.15, -0.1) is 0 Å². The summed E-state index contributed by atoms with van der Waals surface area (Å²) in [6.07, 6.45) is -0.945. The van der Waals surface area contributed by atoms with Crippen molar-refractivity contribution in [3.8, 4) is 0 Å². The molecule has 3 rings (SSSR count). The Hall–Kier alpha value is -2.53. The molecular weight excluding hydrogens is 437 g/mol. The van der Waals surface area contributed by atoms with Crippen molar-refractivity contribution in [3.63, 3.8) is 0 Å². The van der Waals surface area contributed by atoms with Crippen molar-refractivity contribution in [1.29, 1.82) is 0 Å². The lowest BCUT2D eigenvalue weighted by Gasteiger charge is -2.22. The number of sulfonamides is 1. The van der Waals surface area contributed by atoms with Crippen LogP contribution in [0.25, 0.3) is 0 Å². The molecule has 11 heteroatoms. The van der Waals surface area contributed by atoms with E-state index in [9.17, 15) is 22.4 Å². The van der Waals surface area contributed by atoms with Crippen molar-refractivity contribution < 1.29 is 27.1 Å². The van der Waals surface area contributed by atoms with E-state index in [1.165, 1.54) is 48.5 Å². The average Bonchev–Trinajstić information content (AvgIpc) is 3.21. The van der Waals surface area contributed by atoms with Crippen LogP contribution >= 0.6 is 11.6 Å². The minimum atomic E-state index is -3.86. The number of hydrogen-bond donors (Lipinski definition) is 2. The van der Waals surface area contributed by atoms with Gasteiger partial charge in [-0.3, -0.25) is 9.59 Å². The molecule has 1 saturated heterocycles. The first kappa shape index (κ1) is 22.2. The van der Waals surface area contributed by atoms with Crippen molar-refractivity contribution >= 4 is 33.4 Å². The summed E-state index contributed by atoms with van der Waals surface area (Å²) in [5.41, 5.74) is 0.622. The van der Waals surface area contributed by atoms with Gasteiger partial charge >= 0.3 is 11.8 Å². The fourth-order valence-corrected chi connectivity index (χ4v) is 4.45. The van der Waals surface area contributed by atoms with E-state index in [-0.39, 0.29) is 31.1 Å². The van der Waals surface area contributed by atoms with Crippen LogP contribution in [0.2, 0.25) is 5.02 Å². The van der Waals surface area contributed by atoms with Crippen LogP contribution in [-0.4, -0.2) is 50.5 Å². The highest BCUT2D eigenvalue weighted by molar-refractivity contribution is 7.89. The number of benzene rings is 2. The molecule has 0 aromatic heterocycles. The van der Waals surface area contributed by atoms with Crippen molar-refractivity contribution in [2.75, 3.05) is 19.7 Å². The molecule has 2 N–H and O–H groups in total. The Morgan fingerprint density at radius 2 is 1.70 bits per heavy atom. The second kappa shape index (κ2) is 9.52. The molecule has 0 aliphatic carbocycles. The zero-order valence-electron chi connectivity index (χ0n) is 15.7. The number of nitrogens with zero attached hydrogens (tertiary/aromatic N) is 1. The first-order valence-electron chi connectivity index (χ1n) is 8.97. The summed E-state index contributed by atoms with van der Waals surface area (Å²) in [5.74, 6) is -2.24. The smallest absolute Gasteiger partial charge is 0.309 e. The summed E-state index contributed by atoms with van der Waals surface area (Å²) < 4.78 is 45.0. The first-order chi connectivity index (χ1) is 14.3. The molecule has 30 heavy (non-hydrogen) atoms. The third-order valence-corrected chi connectivity index (χ3v) is 6.53. The standard InChI is InChI=1S/C19H19ClFN3O5S/c20-14-3-7-16(8-4-14)30(27,28)24-9-10-29-17(24)12-23-19(26)18(25)22-11-13-1-5-15(21)6-2-13/h1-8,17H,9-12H2,(H,22,25)(H,23,26). The molecule has 0 bridgehead atoms. The molecule has 1 fully saturated rings. The number of hydrogen-bond acceptors (Lipinski definition) is 5. The number of halogens is 2. The lowest BCUT2D eigenvalue weighted by molar-refractivity contribution is -0.139. The van der Waals surface area contributed by atoms with Gasteiger partial charge in [-0.1, -0.05) is 23.7 Å². The summed E-state index contributed by atoms with van der Waals surface area (Å²) in [7, 11) is -3.86. The minimum Gasteiger partial charge on any atom is -0.359 e. The highest BCUT2D eigenvalue weighted by Crippen LogP contribution is 2.23. The Labute approximate surface area is 178 Å². The maximum absolute atomic E-state index is 12.9. The van der Waals surface area contributed by atoms with Gasteiger partial charge in [0.05, 0.1) is 18.0 Å². The highest BCUT2D eigenvalue weighted by Gasteiger charge is 2.36. The molecule has 1 atom stereocenters. The van der Waals surface area contributed by atoms with Crippen LogP contribution < -0.4 is 10.6 Å². The molecule has 2 amide bonds. The third-order valence-electron chi connectivity index (χ3n) is 4.37. The van der Waals surface area contributed by atoms with Crippen LogP contribution in [0.1, 0.15) is 5.56 Å².